The van der Waals surface area contributed by atoms with Gasteiger partial charge in [-0.25, -0.2) is 0 Å². The molecule has 16 heavy (non-hydrogen) atoms. The van der Waals surface area contributed by atoms with Crippen LogP contribution in [0, 0.1) is 0 Å². The number of benzene rings is 1. The van der Waals surface area contributed by atoms with Gasteiger partial charge in [0.25, 0.3) is 0 Å². The van der Waals surface area contributed by atoms with E-state index in [0.717, 1.165) is 17.9 Å². The zero-order chi connectivity index (χ0) is 11.8. The summed E-state index contributed by atoms with van der Waals surface area (Å²) in [4.78, 5) is 0. The molecule has 2 heteroatoms. The van der Waals surface area contributed by atoms with Gasteiger partial charge in [-0.2, -0.15) is 0 Å². The molecule has 0 saturated heterocycles. The largest absolute Gasteiger partial charge is 0.504 e. The number of aryl methyl sites for hydroxylation is 1. The summed E-state index contributed by atoms with van der Waals surface area (Å²) in [6.45, 7) is 4.06. The van der Waals surface area contributed by atoms with Crippen LogP contribution in [0.2, 0.25) is 0 Å². The van der Waals surface area contributed by atoms with Crippen molar-refractivity contribution in [2.24, 2.45) is 0 Å². The van der Waals surface area contributed by atoms with Gasteiger partial charge in [-0.05, 0) is 37.1 Å². The molecule has 0 saturated carbocycles. The molecular weight excluding hydrogens is 200 g/mol. The van der Waals surface area contributed by atoms with E-state index in [1.807, 2.05) is 25.1 Å². The second kappa shape index (κ2) is 6.72. The Morgan fingerprint density at radius 2 is 1.94 bits per heavy atom. The smallest absolute Gasteiger partial charge is 0.127 e. The minimum atomic E-state index is 0.770. The summed E-state index contributed by atoms with van der Waals surface area (Å²) in [5.74, 6) is 1.61. The van der Waals surface area contributed by atoms with Crippen LogP contribution in [0.25, 0.3) is 0 Å². The maximum absolute atomic E-state index is 5.66. The van der Waals surface area contributed by atoms with Crippen LogP contribution in [0.1, 0.15) is 19.4 Å². The molecule has 0 fully saturated rings. The van der Waals surface area contributed by atoms with E-state index in [0.29, 0.717) is 0 Å². The Balaban J connectivity index is 2.67. The minimum Gasteiger partial charge on any atom is -0.504 e. The van der Waals surface area contributed by atoms with Crippen LogP contribution >= 0.6 is 0 Å². The van der Waals surface area contributed by atoms with E-state index in [1.165, 1.54) is 5.56 Å². The standard InChI is InChI=1S/C14H18O2/c1-4-12-6-8-14(9-7-12)16-13(5-2)10-11-15-3/h5-11H,4H2,1-3H3/b11-10-,13-5+. The van der Waals surface area contributed by atoms with Gasteiger partial charge in [-0.15, -0.1) is 0 Å². The first-order valence-electron chi connectivity index (χ1n) is 5.42. The number of hydrogen-bond donors (Lipinski definition) is 0. The lowest BCUT2D eigenvalue weighted by atomic mass is 10.2. The predicted molar refractivity (Wildman–Crippen MR) is 66.4 cm³/mol. The van der Waals surface area contributed by atoms with E-state index in [4.69, 9.17) is 9.47 Å². The van der Waals surface area contributed by atoms with Gasteiger partial charge in [0, 0.05) is 6.08 Å². The van der Waals surface area contributed by atoms with Gasteiger partial charge in [0.1, 0.15) is 11.5 Å². The van der Waals surface area contributed by atoms with Crippen LogP contribution in [0.4, 0.5) is 0 Å². The predicted octanol–water partition coefficient (Wildman–Crippen LogP) is 3.69. The lowest BCUT2D eigenvalue weighted by Crippen LogP contribution is -1.92. The number of methoxy groups -OCH3 is 1. The molecule has 0 spiro atoms. The summed E-state index contributed by atoms with van der Waals surface area (Å²) in [5, 5.41) is 0. The zero-order valence-corrected chi connectivity index (χ0v) is 10.1. The van der Waals surface area contributed by atoms with Crippen LogP contribution in [0.5, 0.6) is 5.75 Å². The summed E-state index contributed by atoms with van der Waals surface area (Å²) in [6, 6.07) is 8.09. The van der Waals surface area contributed by atoms with Gasteiger partial charge in [-0.3, -0.25) is 0 Å². The maximum Gasteiger partial charge on any atom is 0.127 e. The van der Waals surface area contributed by atoms with E-state index in [1.54, 1.807) is 19.4 Å². The van der Waals surface area contributed by atoms with Crippen LogP contribution < -0.4 is 4.74 Å². The van der Waals surface area contributed by atoms with Crippen molar-refractivity contribution in [3.05, 3.63) is 54.0 Å². The van der Waals surface area contributed by atoms with Crippen molar-refractivity contribution in [1.29, 1.82) is 0 Å². The van der Waals surface area contributed by atoms with Gasteiger partial charge < -0.3 is 9.47 Å². The second-order valence-corrected chi connectivity index (χ2v) is 3.33. The van der Waals surface area contributed by atoms with Gasteiger partial charge >= 0.3 is 0 Å². The molecule has 1 aromatic rings. The Kier molecular flexibility index (Phi) is 5.20. The Morgan fingerprint density at radius 3 is 2.44 bits per heavy atom. The first-order valence-corrected chi connectivity index (χ1v) is 5.42. The van der Waals surface area contributed by atoms with Gasteiger partial charge in [0.2, 0.25) is 0 Å². The Labute approximate surface area is 97.2 Å². The average Bonchev–Trinajstić information content (AvgIpc) is 2.35. The Hall–Kier alpha value is -1.70. The van der Waals surface area contributed by atoms with Crippen molar-refractivity contribution in [3.63, 3.8) is 0 Å². The molecule has 0 aliphatic heterocycles. The molecule has 0 amide bonds. The Morgan fingerprint density at radius 1 is 1.25 bits per heavy atom. The summed E-state index contributed by atoms with van der Waals surface area (Å²) in [6.07, 6.45) is 6.31. The third-order valence-electron chi connectivity index (χ3n) is 2.22. The van der Waals surface area contributed by atoms with Crippen LogP contribution in [-0.4, -0.2) is 7.11 Å². The van der Waals surface area contributed by atoms with Gasteiger partial charge in [-0.1, -0.05) is 19.1 Å². The Bertz CT molecular complexity index is 361. The monoisotopic (exact) mass is 218 g/mol. The first kappa shape index (κ1) is 12.4. The highest BCUT2D eigenvalue weighted by atomic mass is 16.5. The van der Waals surface area contributed by atoms with Crippen molar-refractivity contribution >= 4 is 0 Å². The van der Waals surface area contributed by atoms with Gasteiger partial charge in [0.05, 0.1) is 13.4 Å². The van der Waals surface area contributed by atoms with E-state index in [9.17, 15) is 0 Å². The SMILES string of the molecule is C/C=C(\C=C/OC)Oc1ccc(CC)cc1. The van der Waals surface area contributed by atoms with Crippen LogP contribution in [-0.2, 0) is 11.2 Å². The average molecular weight is 218 g/mol. The number of hydrogen-bond acceptors (Lipinski definition) is 2. The lowest BCUT2D eigenvalue weighted by Gasteiger charge is -2.06. The first-order chi connectivity index (χ1) is 7.80. The number of allylic oxidation sites excluding steroid dienone is 2. The molecule has 0 heterocycles. The highest BCUT2D eigenvalue weighted by Gasteiger charge is 1.96. The van der Waals surface area contributed by atoms with Crippen molar-refractivity contribution < 1.29 is 9.47 Å². The molecule has 1 rings (SSSR count). The van der Waals surface area contributed by atoms with E-state index >= 15 is 0 Å². The fourth-order valence-electron chi connectivity index (χ4n) is 1.25. The second-order valence-electron chi connectivity index (χ2n) is 3.33. The van der Waals surface area contributed by atoms with Crippen LogP contribution in [0.15, 0.2) is 48.4 Å². The van der Waals surface area contributed by atoms with Crippen molar-refractivity contribution in [1.82, 2.24) is 0 Å². The third-order valence-corrected chi connectivity index (χ3v) is 2.22. The van der Waals surface area contributed by atoms with Crippen molar-refractivity contribution in [2.75, 3.05) is 7.11 Å². The summed E-state index contributed by atoms with van der Waals surface area (Å²) in [7, 11) is 1.61. The molecule has 0 aliphatic carbocycles. The fourth-order valence-corrected chi connectivity index (χ4v) is 1.25. The quantitative estimate of drug-likeness (QED) is 0.554. The molecule has 0 unspecified atom stereocenters. The highest BCUT2D eigenvalue weighted by Crippen LogP contribution is 2.16. The topological polar surface area (TPSA) is 18.5 Å². The molecule has 1 aromatic carbocycles. The number of ether oxygens (including phenoxy) is 2. The molecule has 0 N–H and O–H groups in total. The minimum absolute atomic E-state index is 0.770. The number of rotatable bonds is 5. The highest BCUT2D eigenvalue weighted by molar-refractivity contribution is 5.30. The zero-order valence-electron chi connectivity index (χ0n) is 10.1. The third kappa shape index (κ3) is 3.81. The normalized spacial score (nSPS) is 11.8. The molecule has 0 aliphatic rings. The molecular formula is C14H18O2. The lowest BCUT2D eigenvalue weighted by molar-refractivity contribution is 0.334. The van der Waals surface area contributed by atoms with E-state index in [2.05, 4.69) is 19.1 Å². The van der Waals surface area contributed by atoms with Gasteiger partial charge in [0.15, 0.2) is 0 Å². The van der Waals surface area contributed by atoms with E-state index in [-0.39, 0.29) is 0 Å². The fraction of sp³-hybridized carbons (Fsp3) is 0.286. The molecule has 0 atom stereocenters. The van der Waals surface area contributed by atoms with Crippen molar-refractivity contribution in [2.45, 2.75) is 20.3 Å². The van der Waals surface area contributed by atoms with Crippen LogP contribution in [0.3, 0.4) is 0 Å². The molecule has 0 bridgehead atoms. The maximum atomic E-state index is 5.66. The summed E-state index contributed by atoms with van der Waals surface area (Å²) < 4.78 is 10.5. The van der Waals surface area contributed by atoms with Crippen molar-refractivity contribution in [3.8, 4) is 5.75 Å². The summed E-state index contributed by atoms with van der Waals surface area (Å²) >= 11 is 0. The summed E-state index contributed by atoms with van der Waals surface area (Å²) in [5.41, 5.74) is 1.31. The van der Waals surface area contributed by atoms with E-state index < -0.39 is 0 Å². The molecule has 0 radical (unpaired) electrons. The molecule has 2 nitrogen and oxygen atoms in total. The molecule has 0 aromatic heterocycles. The molecule has 86 valence electrons.